The number of amides is 1. The number of methoxy groups -OCH3 is 2. The molecule has 1 aromatic rings. The van der Waals surface area contributed by atoms with Gasteiger partial charge < -0.3 is 14.8 Å². The van der Waals surface area contributed by atoms with E-state index in [4.69, 9.17) is 9.47 Å². The van der Waals surface area contributed by atoms with Crippen molar-refractivity contribution in [3.05, 3.63) is 29.8 Å². The third kappa shape index (κ3) is 3.98. The normalized spacial score (nSPS) is 22.9. The molecule has 5 nitrogen and oxygen atoms in total. The first-order valence-electron chi connectivity index (χ1n) is 9.35. The van der Waals surface area contributed by atoms with Crippen molar-refractivity contribution in [1.29, 1.82) is 0 Å². The minimum Gasteiger partial charge on any atom is -0.497 e. The second-order valence-corrected chi connectivity index (χ2v) is 7.27. The first-order valence-corrected chi connectivity index (χ1v) is 9.35. The van der Waals surface area contributed by atoms with E-state index in [9.17, 15) is 4.79 Å². The van der Waals surface area contributed by atoms with Crippen molar-refractivity contribution in [2.45, 2.75) is 43.6 Å². The Morgan fingerprint density at radius 2 is 2.12 bits per heavy atom. The van der Waals surface area contributed by atoms with Crippen LogP contribution in [0.3, 0.4) is 0 Å². The zero-order valence-electron chi connectivity index (χ0n) is 15.4. The van der Waals surface area contributed by atoms with E-state index >= 15 is 0 Å². The molecule has 1 N–H and O–H groups in total. The lowest BCUT2D eigenvalue weighted by atomic mass is 9.77. The number of nitrogens with one attached hydrogen (secondary N) is 1. The van der Waals surface area contributed by atoms with Crippen LogP contribution in [0.5, 0.6) is 5.75 Å². The molecule has 0 radical (unpaired) electrons. The van der Waals surface area contributed by atoms with Crippen LogP contribution in [-0.2, 0) is 14.9 Å². The molecule has 1 saturated heterocycles. The lowest BCUT2D eigenvalue weighted by Gasteiger charge is -2.30. The average molecular weight is 346 g/mol. The van der Waals surface area contributed by atoms with E-state index in [1.807, 2.05) is 18.2 Å². The molecule has 1 atom stereocenters. The van der Waals surface area contributed by atoms with Gasteiger partial charge in [0.15, 0.2) is 0 Å². The van der Waals surface area contributed by atoms with Gasteiger partial charge in [0, 0.05) is 32.8 Å². The molecule has 1 aliphatic heterocycles. The van der Waals surface area contributed by atoms with Gasteiger partial charge in [-0.2, -0.15) is 0 Å². The molecule has 1 amide bonds. The average Bonchev–Trinajstić information content (AvgIpc) is 3.30. The second-order valence-electron chi connectivity index (χ2n) is 7.27. The third-order valence-corrected chi connectivity index (χ3v) is 5.73. The molecule has 0 unspecified atom stereocenters. The van der Waals surface area contributed by atoms with Crippen LogP contribution < -0.4 is 10.1 Å². The lowest BCUT2D eigenvalue weighted by Crippen LogP contribution is -2.47. The molecule has 0 aromatic heterocycles. The van der Waals surface area contributed by atoms with Crippen LogP contribution in [0.15, 0.2) is 24.3 Å². The summed E-state index contributed by atoms with van der Waals surface area (Å²) in [4.78, 5) is 15.6. The Balaban J connectivity index is 1.69. The molecule has 2 aliphatic rings. The summed E-state index contributed by atoms with van der Waals surface area (Å²) in [6.07, 6.45) is 5.08. The Kier molecular flexibility index (Phi) is 5.97. The van der Waals surface area contributed by atoms with Gasteiger partial charge in [-0.05, 0) is 37.0 Å². The van der Waals surface area contributed by atoms with E-state index in [0.29, 0.717) is 0 Å². The molecule has 1 heterocycles. The van der Waals surface area contributed by atoms with E-state index in [0.717, 1.165) is 69.7 Å². The molecule has 5 heteroatoms. The van der Waals surface area contributed by atoms with Gasteiger partial charge in [-0.1, -0.05) is 25.0 Å². The summed E-state index contributed by atoms with van der Waals surface area (Å²) in [5, 5.41) is 3.34. The van der Waals surface area contributed by atoms with Gasteiger partial charge in [-0.15, -0.1) is 0 Å². The molecule has 0 bridgehead atoms. The molecular weight excluding hydrogens is 316 g/mol. The number of carbonyl (C=O) groups excluding carboxylic acids is 1. The van der Waals surface area contributed by atoms with Gasteiger partial charge >= 0.3 is 0 Å². The molecule has 25 heavy (non-hydrogen) atoms. The fourth-order valence-electron chi connectivity index (χ4n) is 4.24. The van der Waals surface area contributed by atoms with Crippen LogP contribution in [0, 0.1) is 0 Å². The quantitative estimate of drug-likeness (QED) is 0.823. The van der Waals surface area contributed by atoms with E-state index in [1.165, 1.54) is 0 Å². The number of hydrogen-bond acceptors (Lipinski definition) is 4. The van der Waals surface area contributed by atoms with Crippen LogP contribution >= 0.6 is 0 Å². The van der Waals surface area contributed by atoms with Crippen molar-refractivity contribution < 1.29 is 14.3 Å². The van der Waals surface area contributed by atoms with E-state index in [1.54, 1.807) is 14.2 Å². The maximum atomic E-state index is 13.2. The highest BCUT2D eigenvalue weighted by atomic mass is 16.5. The smallest absolute Gasteiger partial charge is 0.230 e. The summed E-state index contributed by atoms with van der Waals surface area (Å²) in [5.74, 6) is 1.01. The standard InChI is InChI=1S/C20H30N2O3/c1-24-13-12-22-11-8-17(15-22)21-19(23)20(9-3-4-10-20)16-6-5-7-18(14-16)25-2/h5-7,14,17H,3-4,8-13,15H2,1-2H3,(H,21,23)/t17-/m1/s1. The van der Waals surface area contributed by atoms with Crippen LogP contribution in [-0.4, -0.2) is 57.3 Å². The predicted octanol–water partition coefficient (Wildman–Crippen LogP) is 2.34. The van der Waals surface area contributed by atoms with Crippen molar-refractivity contribution in [1.82, 2.24) is 10.2 Å². The monoisotopic (exact) mass is 346 g/mol. The predicted molar refractivity (Wildman–Crippen MR) is 98.0 cm³/mol. The molecular formula is C20H30N2O3. The molecule has 138 valence electrons. The number of rotatable bonds is 7. The highest BCUT2D eigenvalue weighted by Crippen LogP contribution is 2.42. The van der Waals surface area contributed by atoms with Crippen molar-refractivity contribution in [3.8, 4) is 5.75 Å². The molecule has 1 saturated carbocycles. The van der Waals surface area contributed by atoms with Gasteiger partial charge in [0.25, 0.3) is 0 Å². The maximum absolute atomic E-state index is 13.2. The molecule has 1 aromatic carbocycles. The van der Waals surface area contributed by atoms with Crippen molar-refractivity contribution >= 4 is 5.91 Å². The van der Waals surface area contributed by atoms with Gasteiger partial charge in [0.05, 0.1) is 19.1 Å². The van der Waals surface area contributed by atoms with Crippen LogP contribution in [0.25, 0.3) is 0 Å². The Bertz CT molecular complexity index is 584. The van der Waals surface area contributed by atoms with Crippen LogP contribution in [0.4, 0.5) is 0 Å². The van der Waals surface area contributed by atoms with Gasteiger partial charge in [0.2, 0.25) is 5.91 Å². The molecule has 2 fully saturated rings. The number of benzene rings is 1. The van der Waals surface area contributed by atoms with E-state index in [-0.39, 0.29) is 11.9 Å². The third-order valence-electron chi connectivity index (χ3n) is 5.73. The van der Waals surface area contributed by atoms with Crippen molar-refractivity contribution in [2.24, 2.45) is 0 Å². The summed E-state index contributed by atoms with van der Waals surface area (Å²) >= 11 is 0. The zero-order chi connectivity index (χ0) is 17.7. The highest BCUT2D eigenvalue weighted by Gasteiger charge is 2.43. The van der Waals surface area contributed by atoms with Gasteiger partial charge in [-0.3, -0.25) is 9.69 Å². The zero-order valence-corrected chi connectivity index (χ0v) is 15.4. The largest absolute Gasteiger partial charge is 0.497 e. The number of carbonyl (C=O) groups is 1. The Hall–Kier alpha value is -1.59. The van der Waals surface area contributed by atoms with Crippen LogP contribution in [0.2, 0.25) is 0 Å². The first-order chi connectivity index (χ1) is 12.2. The number of nitrogens with zero attached hydrogens (tertiary/aromatic N) is 1. The Labute approximate surface area is 150 Å². The number of hydrogen-bond donors (Lipinski definition) is 1. The minimum absolute atomic E-state index is 0.192. The Morgan fingerprint density at radius 1 is 1.32 bits per heavy atom. The summed E-state index contributed by atoms with van der Waals surface area (Å²) in [6.45, 7) is 3.63. The minimum atomic E-state index is -0.394. The number of likely N-dealkylation sites (tertiary alicyclic amines) is 1. The topological polar surface area (TPSA) is 50.8 Å². The van der Waals surface area contributed by atoms with E-state index in [2.05, 4.69) is 16.3 Å². The fourth-order valence-corrected chi connectivity index (χ4v) is 4.24. The summed E-state index contributed by atoms with van der Waals surface area (Å²) in [5.41, 5.74) is 0.699. The molecule has 1 aliphatic carbocycles. The maximum Gasteiger partial charge on any atom is 0.230 e. The summed E-state index contributed by atoms with van der Waals surface area (Å²) < 4.78 is 10.5. The molecule has 0 spiro atoms. The fraction of sp³-hybridized carbons (Fsp3) is 0.650. The second kappa shape index (κ2) is 8.19. The highest BCUT2D eigenvalue weighted by molar-refractivity contribution is 5.89. The van der Waals surface area contributed by atoms with E-state index < -0.39 is 5.41 Å². The van der Waals surface area contributed by atoms with Gasteiger partial charge in [-0.25, -0.2) is 0 Å². The lowest BCUT2D eigenvalue weighted by molar-refractivity contribution is -0.127. The Morgan fingerprint density at radius 3 is 2.84 bits per heavy atom. The van der Waals surface area contributed by atoms with Crippen molar-refractivity contribution in [3.63, 3.8) is 0 Å². The van der Waals surface area contributed by atoms with Crippen molar-refractivity contribution in [2.75, 3.05) is 40.5 Å². The number of ether oxygens (including phenoxy) is 2. The van der Waals surface area contributed by atoms with Crippen LogP contribution in [0.1, 0.15) is 37.7 Å². The first kappa shape index (κ1) is 18.2. The summed E-state index contributed by atoms with van der Waals surface area (Å²) in [6, 6.07) is 8.28. The van der Waals surface area contributed by atoms with Gasteiger partial charge in [0.1, 0.15) is 5.75 Å². The SMILES string of the molecule is COCCN1CC[C@@H](NC(=O)C2(c3cccc(OC)c3)CCCC2)C1. The summed E-state index contributed by atoms with van der Waals surface area (Å²) in [7, 11) is 3.40. The molecule has 3 rings (SSSR count).